The third-order valence-electron chi connectivity index (χ3n) is 4.69. The summed E-state index contributed by atoms with van der Waals surface area (Å²) < 4.78 is 27.0. The summed E-state index contributed by atoms with van der Waals surface area (Å²) in [6.07, 6.45) is 5.72. The molecular formula is C18H19NO3S2. The van der Waals surface area contributed by atoms with Gasteiger partial charge in [0.1, 0.15) is 5.75 Å². The van der Waals surface area contributed by atoms with Gasteiger partial charge in [-0.2, -0.15) is 13.6 Å². The van der Waals surface area contributed by atoms with E-state index >= 15 is 0 Å². The normalized spacial score (nSPS) is 19.6. The number of thioether (sulfide) groups is 1. The molecule has 0 fully saturated rings. The number of hydrogen-bond acceptors (Lipinski definition) is 4. The van der Waals surface area contributed by atoms with Gasteiger partial charge in [-0.1, -0.05) is 24.3 Å². The molecule has 1 heterocycles. The predicted molar refractivity (Wildman–Crippen MR) is 95.6 cm³/mol. The highest BCUT2D eigenvalue weighted by atomic mass is 32.2. The van der Waals surface area contributed by atoms with Crippen LogP contribution in [-0.2, 0) is 29.6 Å². The fourth-order valence-electron chi connectivity index (χ4n) is 3.56. The molecule has 126 valence electrons. The molecule has 0 bridgehead atoms. The number of hydrogen-bond donors (Lipinski definition) is 1. The van der Waals surface area contributed by atoms with Crippen molar-refractivity contribution in [2.75, 3.05) is 0 Å². The van der Waals surface area contributed by atoms with Gasteiger partial charge in [-0.05, 0) is 66.5 Å². The van der Waals surface area contributed by atoms with Crippen molar-refractivity contribution in [2.45, 2.75) is 42.2 Å². The van der Waals surface area contributed by atoms with E-state index in [2.05, 4.69) is 18.2 Å². The monoisotopic (exact) mass is 361 g/mol. The van der Waals surface area contributed by atoms with Gasteiger partial charge in [0, 0.05) is 10.1 Å². The van der Waals surface area contributed by atoms with Gasteiger partial charge in [0.2, 0.25) is 0 Å². The Morgan fingerprint density at radius 1 is 1.00 bits per heavy atom. The maximum absolute atomic E-state index is 11.1. The van der Waals surface area contributed by atoms with Gasteiger partial charge < -0.3 is 4.18 Å². The first-order chi connectivity index (χ1) is 11.5. The average Bonchev–Trinajstić information content (AvgIpc) is 3.00. The van der Waals surface area contributed by atoms with Gasteiger partial charge in [-0.3, -0.25) is 0 Å². The highest BCUT2D eigenvalue weighted by Gasteiger charge is 2.23. The van der Waals surface area contributed by atoms with E-state index in [0.717, 1.165) is 17.7 Å². The molecule has 0 spiro atoms. The summed E-state index contributed by atoms with van der Waals surface area (Å²) in [4.78, 5) is 1.08. The summed E-state index contributed by atoms with van der Waals surface area (Å²) in [7, 11) is -3.99. The maximum atomic E-state index is 11.1. The van der Waals surface area contributed by atoms with Crippen LogP contribution in [-0.4, -0.2) is 8.42 Å². The molecule has 2 aliphatic rings. The van der Waals surface area contributed by atoms with Crippen molar-refractivity contribution in [3.63, 3.8) is 0 Å². The molecule has 0 radical (unpaired) electrons. The van der Waals surface area contributed by atoms with Gasteiger partial charge in [0.25, 0.3) is 0 Å². The second kappa shape index (κ2) is 6.10. The van der Waals surface area contributed by atoms with Crippen molar-refractivity contribution in [3.05, 3.63) is 58.7 Å². The number of benzene rings is 2. The minimum atomic E-state index is -3.99. The molecule has 4 rings (SSSR count). The first-order valence-electron chi connectivity index (χ1n) is 8.11. The highest BCUT2D eigenvalue weighted by molar-refractivity contribution is 7.99. The van der Waals surface area contributed by atoms with Crippen molar-refractivity contribution in [2.24, 2.45) is 5.14 Å². The quantitative estimate of drug-likeness (QED) is 0.908. The van der Waals surface area contributed by atoms with Crippen LogP contribution in [0.4, 0.5) is 0 Å². The Morgan fingerprint density at radius 2 is 1.79 bits per heavy atom. The largest absolute Gasteiger partial charge is 0.380 e. The highest BCUT2D eigenvalue weighted by Crippen LogP contribution is 2.46. The lowest BCUT2D eigenvalue weighted by atomic mass is 9.99. The lowest BCUT2D eigenvalue weighted by molar-refractivity contribution is 0.486. The van der Waals surface area contributed by atoms with E-state index in [-0.39, 0.29) is 5.75 Å². The average molecular weight is 361 g/mol. The first-order valence-corrected chi connectivity index (χ1v) is 10.5. The van der Waals surface area contributed by atoms with Gasteiger partial charge in [-0.15, -0.1) is 11.8 Å². The smallest absolute Gasteiger partial charge is 0.371 e. The third kappa shape index (κ3) is 3.31. The first kappa shape index (κ1) is 16.0. The molecule has 1 atom stereocenters. The van der Waals surface area contributed by atoms with Gasteiger partial charge in [0.05, 0.1) is 0 Å². The standard InChI is InChI=1S/C18H19NO3S2/c19-24(20,21)22-16-8-6-13-7-9-17(23-18(13)11-16)15-5-4-12-2-1-3-14(12)10-15/h4-6,8,10-11,17H,1-3,7,9H2,(H2,19,20,21). The topological polar surface area (TPSA) is 69.4 Å². The minimum absolute atomic E-state index is 0.276. The Balaban J connectivity index is 1.59. The summed E-state index contributed by atoms with van der Waals surface area (Å²) in [5.41, 5.74) is 5.58. The Labute approximate surface area is 146 Å². The van der Waals surface area contributed by atoms with Crippen LogP contribution in [0, 0.1) is 0 Å². The summed E-state index contributed by atoms with van der Waals surface area (Å²) in [5, 5.41) is 5.35. The van der Waals surface area contributed by atoms with Crippen molar-refractivity contribution < 1.29 is 12.6 Å². The molecule has 0 saturated carbocycles. The van der Waals surface area contributed by atoms with Gasteiger partial charge in [-0.25, -0.2) is 0 Å². The molecule has 1 aliphatic carbocycles. The Kier molecular flexibility index (Phi) is 4.06. The lowest BCUT2D eigenvalue weighted by Gasteiger charge is -2.25. The van der Waals surface area contributed by atoms with Crippen molar-refractivity contribution >= 4 is 22.1 Å². The van der Waals surface area contributed by atoms with Crippen LogP contribution in [0.3, 0.4) is 0 Å². The molecule has 24 heavy (non-hydrogen) atoms. The van der Waals surface area contributed by atoms with Crippen molar-refractivity contribution in [1.29, 1.82) is 0 Å². The molecule has 0 saturated heterocycles. The fourth-order valence-corrected chi connectivity index (χ4v) is 5.27. The maximum Gasteiger partial charge on any atom is 0.380 e. The van der Waals surface area contributed by atoms with Crippen LogP contribution in [0.25, 0.3) is 0 Å². The second-order valence-corrected chi connectivity index (χ2v) is 8.77. The number of aryl methyl sites for hydroxylation is 3. The molecule has 4 nitrogen and oxygen atoms in total. The van der Waals surface area contributed by atoms with Gasteiger partial charge in [0.15, 0.2) is 0 Å². The van der Waals surface area contributed by atoms with Crippen LogP contribution < -0.4 is 9.32 Å². The Hall–Kier alpha value is -1.50. The van der Waals surface area contributed by atoms with E-state index in [0.29, 0.717) is 5.25 Å². The molecule has 2 aromatic carbocycles. The molecule has 1 aliphatic heterocycles. The molecule has 0 aromatic heterocycles. The van der Waals surface area contributed by atoms with Crippen LogP contribution in [0.1, 0.15) is 40.3 Å². The van der Waals surface area contributed by atoms with Crippen molar-refractivity contribution in [1.82, 2.24) is 0 Å². The predicted octanol–water partition coefficient (Wildman–Crippen LogP) is 3.54. The Morgan fingerprint density at radius 3 is 2.62 bits per heavy atom. The fraction of sp³-hybridized carbons (Fsp3) is 0.333. The van der Waals surface area contributed by atoms with E-state index in [1.165, 1.54) is 41.5 Å². The molecule has 2 N–H and O–H groups in total. The van der Waals surface area contributed by atoms with E-state index in [9.17, 15) is 8.42 Å². The van der Waals surface area contributed by atoms with E-state index in [4.69, 9.17) is 9.32 Å². The SMILES string of the molecule is NS(=O)(=O)Oc1ccc2c(c1)SC(c1ccc3c(c1)CCC3)CC2. The number of fused-ring (bicyclic) bond motifs is 2. The number of nitrogens with two attached hydrogens (primary N) is 1. The van der Waals surface area contributed by atoms with Crippen LogP contribution >= 0.6 is 11.8 Å². The molecule has 2 aromatic rings. The molecule has 0 amide bonds. The molecular weight excluding hydrogens is 342 g/mol. The Bertz CT molecular complexity index is 893. The zero-order valence-electron chi connectivity index (χ0n) is 13.2. The zero-order chi connectivity index (χ0) is 16.7. The number of rotatable bonds is 3. The summed E-state index contributed by atoms with van der Waals surface area (Å²) in [5.74, 6) is 0.276. The lowest BCUT2D eigenvalue weighted by Crippen LogP contribution is -2.19. The van der Waals surface area contributed by atoms with Crippen LogP contribution in [0.15, 0.2) is 41.3 Å². The van der Waals surface area contributed by atoms with E-state index < -0.39 is 10.3 Å². The summed E-state index contributed by atoms with van der Waals surface area (Å²) >= 11 is 1.78. The van der Waals surface area contributed by atoms with Crippen LogP contribution in [0.5, 0.6) is 5.75 Å². The summed E-state index contributed by atoms with van der Waals surface area (Å²) in [6.45, 7) is 0. The van der Waals surface area contributed by atoms with E-state index in [1.54, 1.807) is 23.9 Å². The van der Waals surface area contributed by atoms with Gasteiger partial charge >= 0.3 is 10.3 Å². The second-order valence-electron chi connectivity index (χ2n) is 6.37. The minimum Gasteiger partial charge on any atom is -0.371 e. The molecule has 1 unspecified atom stereocenters. The third-order valence-corrected chi connectivity index (χ3v) is 6.54. The molecule has 6 heteroatoms. The summed E-state index contributed by atoms with van der Waals surface area (Å²) in [6, 6.07) is 12.3. The van der Waals surface area contributed by atoms with E-state index in [1.807, 2.05) is 6.07 Å². The van der Waals surface area contributed by atoms with Crippen molar-refractivity contribution in [3.8, 4) is 5.75 Å². The zero-order valence-corrected chi connectivity index (χ0v) is 14.8. The van der Waals surface area contributed by atoms with Crippen LogP contribution in [0.2, 0.25) is 0 Å².